The van der Waals surface area contributed by atoms with Crippen LogP contribution in [0.3, 0.4) is 0 Å². The van der Waals surface area contributed by atoms with Gasteiger partial charge in [-0.15, -0.1) is 0 Å². The van der Waals surface area contributed by atoms with Gasteiger partial charge in [0.05, 0.1) is 5.56 Å². The topological polar surface area (TPSA) is 48.7 Å². The van der Waals surface area contributed by atoms with Gasteiger partial charge in [-0.05, 0) is 49.4 Å². The number of hydrogen-bond donors (Lipinski definition) is 1. The zero-order valence-electron chi connectivity index (χ0n) is 11.3. The Bertz CT molecular complexity index is 735. The minimum Gasteiger partial charge on any atom is -0.339 e. The summed E-state index contributed by atoms with van der Waals surface area (Å²) in [5.41, 5.74) is 2.87. The standard InChI is InChI=1S/C16H13F2N3/c17-13-6-5-12(8-14(13)18)20-16-11(9-19)7-10-3-1-2-4-15(10)21-16/h5-8H,1-4H2,(H,20,21). The number of halogens is 2. The average Bonchev–Trinajstić information content (AvgIpc) is 2.50. The molecule has 0 aliphatic heterocycles. The Morgan fingerprint density at radius 1 is 1.10 bits per heavy atom. The number of pyridine rings is 1. The third-order valence-electron chi connectivity index (χ3n) is 3.60. The van der Waals surface area contributed by atoms with Gasteiger partial charge >= 0.3 is 0 Å². The smallest absolute Gasteiger partial charge is 0.160 e. The summed E-state index contributed by atoms with van der Waals surface area (Å²) in [7, 11) is 0. The number of nitrogens with one attached hydrogen (secondary N) is 1. The minimum absolute atomic E-state index is 0.369. The normalized spacial score (nSPS) is 13.4. The van der Waals surface area contributed by atoms with Gasteiger partial charge in [0.1, 0.15) is 11.9 Å². The molecular weight excluding hydrogens is 272 g/mol. The van der Waals surface area contributed by atoms with Crippen LogP contribution in [0.1, 0.15) is 29.7 Å². The Balaban J connectivity index is 1.97. The van der Waals surface area contributed by atoms with Crippen molar-refractivity contribution in [2.45, 2.75) is 25.7 Å². The fraction of sp³-hybridized carbons (Fsp3) is 0.250. The molecule has 106 valence electrons. The third kappa shape index (κ3) is 2.70. The van der Waals surface area contributed by atoms with Gasteiger partial charge < -0.3 is 5.32 Å². The molecular formula is C16H13F2N3. The van der Waals surface area contributed by atoms with Crippen LogP contribution < -0.4 is 5.32 Å². The average molecular weight is 285 g/mol. The molecule has 5 heteroatoms. The van der Waals surface area contributed by atoms with E-state index in [1.54, 1.807) is 0 Å². The zero-order chi connectivity index (χ0) is 14.8. The number of anilines is 2. The van der Waals surface area contributed by atoms with Gasteiger partial charge in [0.25, 0.3) is 0 Å². The summed E-state index contributed by atoms with van der Waals surface area (Å²) in [4.78, 5) is 4.48. The van der Waals surface area contributed by atoms with Crippen LogP contribution in [0.25, 0.3) is 0 Å². The molecule has 3 nitrogen and oxygen atoms in total. The van der Waals surface area contributed by atoms with Crippen LogP contribution in [0.15, 0.2) is 24.3 Å². The molecule has 0 amide bonds. The lowest BCUT2D eigenvalue weighted by atomic mass is 9.95. The van der Waals surface area contributed by atoms with Crippen LogP contribution in [0.4, 0.5) is 20.3 Å². The first kappa shape index (κ1) is 13.5. The lowest BCUT2D eigenvalue weighted by Gasteiger charge is -2.17. The highest BCUT2D eigenvalue weighted by Gasteiger charge is 2.15. The highest BCUT2D eigenvalue weighted by atomic mass is 19.2. The summed E-state index contributed by atoms with van der Waals surface area (Å²) in [5, 5.41) is 12.1. The van der Waals surface area contributed by atoms with Crippen LogP contribution >= 0.6 is 0 Å². The van der Waals surface area contributed by atoms with Crippen LogP contribution in [0.2, 0.25) is 0 Å². The first-order valence-electron chi connectivity index (χ1n) is 6.82. The van der Waals surface area contributed by atoms with Crippen molar-refractivity contribution in [3.63, 3.8) is 0 Å². The van der Waals surface area contributed by atoms with Crippen molar-refractivity contribution in [2.24, 2.45) is 0 Å². The Hall–Kier alpha value is -2.48. The van der Waals surface area contributed by atoms with Crippen molar-refractivity contribution < 1.29 is 8.78 Å². The van der Waals surface area contributed by atoms with E-state index in [1.165, 1.54) is 6.07 Å². The van der Waals surface area contributed by atoms with E-state index in [0.717, 1.165) is 49.1 Å². The monoisotopic (exact) mass is 285 g/mol. The van der Waals surface area contributed by atoms with Gasteiger partial charge in [-0.3, -0.25) is 0 Å². The second-order valence-electron chi connectivity index (χ2n) is 5.06. The summed E-state index contributed by atoms with van der Waals surface area (Å²) < 4.78 is 26.2. The number of hydrogen-bond acceptors (Lipinski definition) is 3. The van der Waals surface area contributed by atoms with Crippen molar-refractivity contribution in [3.8, 4) is 6.07 Å². The van der Waals surface area contributed by atoms with Gasteiger partial charge in [0, 0.05) is 17.4 Å². The van der Waals surface area contributed by atoms with Gasteiger partial charge in [0.15, 0.2) is 11.6 Å². The van der Waals surface area contributed by atoms with Gasteiger partial charge in [0.2, 0.25) is 0 Å². The lowest BCUT2D eigenvalue weighted by Crippen LogP contribution is -2.09. The summed E-state index contributed by atoms with van der Waals surface area (Å²) in [6.07, 6.45) is 4.00. The number of fused-ring (bicyclic) bond motifs is 1. The Morgan fingerprint density at radius 2 is 1.90 bits per heavy atom. The van der Waals surface area contributed by atoms with Crippen molar-refractivity contribution in [3.05, 3.63) is 52.7 Å². The predicted molar refractivity (Wildman–Crippen MR) is 75.2 cm³/mol. The van der Waals surface area contributed by atoms with Crippen LogP contribution in [-0.2, 0) is 12.8 Å². The number of aromatic nitrogens is 1. The highest BCUT2D eigenvalue weighted by molar-refractivity contribution is 5.63. The molecule has 1 aliphatic carbocycles. The first-order chi connectivity index (χ1) is 10.2. The molecule has 1 heterocycles. The number of nitrogens with zero attached hydrogens (tertiary/aromatic N) is 2. The van der Waals surface area contributed by atoms with E-state index in [-0.39, 0.29) is 0 Å². The van der Waals surface area contributed by atoms with E-state index in [2.05, 4.69) is 16.4 Å². The molecule has 0 unspecified atom stereocenters. The lowest BCUT2D eigenvalue weighted by molar-refractivity contribution is 0.509. The second-order valence-corrected chi connectivity index (χ2v) is 5.06. The van der Waals surface area contributed by atoms with Crippen molar-refractivity contribution in [1.82, 2.24) is 4.98 Å². The molecule has 0 saturated carbocycles. The first-order valence-corrected chi connectivity index (χ1v) is 6.82. The van der Waals surface area contributed by atoms with Gasteiger partial charge in [-0.2, -0.15) is 5.26 Å². The molecule has 2 aromatic rings. The van der Waals surface area contributed by atoms with E-state index in [1.807, 2.05) is 6.07 Å². The summed E-state index contributed by atoms with van der Waals surface area (Å²) in [5.74, 6) is -1.44. The van der Waals surface area contributed by atoms with E-state index in [0.29, 0.717) is 17.1 Å². The van der Waals surface area contributed by atoms with E-state index in [9.17, 15) is 14.0 Å². The number of nitriles is 1. The van der Waals surface area contributed by atoms with Crippen molar-refractivity contribution in [2.75, 3.05) is 5.32 Å². The quantitative estimate of drug-likeness (QED) is 0.911. The summed E-state index contributed by atoms with van der Waals surface area (Å²) in [6.45, 7) is 0. The van der Waals surface area contributed by atoms with E-state index >= 15 is 0 Å². The minimum atomic E-state index is -0.934. The molecule has 1 aromatic heterocycles. The van der Waals surface area contributed by atoms with Crippen LogP contribution in [0.5, 0.6) is 0 Å². The van der Waals surface area contributed by atoms with E-state index in [4.69, 9.17) is 0 Å². The van der Waals surface area contributed by atoms with Crippen molar-refractivity contribution >= 4 is 11.5 Å². The Morgan fingerprint density at radius 3 is 2.67 bits per heavy atom. The number of rotatable bonds is 2. The number of benzene rings is 1. The predicted octanol–water partition coefficient (Wildman–Crippen LogP) is 3.85. The maximum absolute atomic E-state index is 13.2. The molecule has 0 atom stereocenters. The fourth-order valence-electron chi connectivity index (χ4n) is 2.52. The van der Waals surface area contributed by atoms with Crippen molar-refractivity contribution in [1.29, 1.82) is 5.26 Å². The fourth-order valence-corrected chi connectivity index (χ4v) is 2.52. The molecule has 21 heavy (non-hydrogen) atoms. The molecule has 1 aliphatic rings. The zero-order valence-corrected chi connectivity index (χ0v) is 11.3. The Labute approximate surface area is 121 Å². The largest absolute Gasteiger partial charge is 0.339 e. The molecule has 1 aromatic carbocycles. The summed E-state index contributed by atoms with van der Waals surface area (Å²) >= 11 is 0. The SMILES string of the molecule is N#Cc1cc2c(nc1Nc1ccc(F)c(F)c1)CCCC2. The van der Waals surface area contributed by atoms with Crippen LogP contribution in [-0.4, -0.2) is 4.98 Å². The summed E-state index contributed by atoms with van der Waals surface area (Å²) in [6, 6.07) is 7.45. The molecule has 0 fully saturated rings. The number of aryl methyl sites for hydroxylation is 2. The second kappa shape index (κ2) is 5.49. The third-order valence-corrected chi connectivity index (χ3v) is 3.60. The molecule has 0 radical (unpaired) electrons. The van der Waals surface area contributed by atoms with Gasteiger partial charge in [-0.1, -0.05) is 0 Å². The molecule has 3 rings (SSSR count). The van der Waals surface area contributed by atoms with Crippen LogP contribution in [0, 0.1) is 23.0 Å². The van der Waals surface area contributed by atoms with E-state index < -0.39 is 11.6 Å². The maximum atomic E-state index is 13.2. The Kier molecular flexibility index (Phi) is 3.53. The molecule has 0 bridgehead atoms. The molecule has 0 saturated heterocycles. The maximum Gasteiger partial charge on any atom is 0.160 e. The molecule has 0 spiro atoms. The highest BCUT2D eigenvalue weighted by Crippen LogP contribution is 2.26. The molecule has 1 N–H and O–H groups in total. The van der Waals surface area contributed by atoms with Gasteiger partial charge in [-0.25, -0.2) is 13.8 Å².